The maximum Gasteiger partial charge on any atom is 0.348 e. The van der Waals surface area contributed by atoms with E-state index >= 15 is 0 Å². The van der Waals surface area contributed by atoms with Crippen LogP contribution < -0.4 is 14.2 Å². The third-order valence-electron chi connectivity index (χ3n) is 5.21. The molecule has 0 radical (unpaired) electrons. The van der Waals surface area contributed by atoms with Gasteiger partial charge in [0, 0.05) is 20.3 Å². The lowest BCUT2D eigenvalue weighted by atomic mass is 10.1. The zero-order valence-corrected chi connectivity index (χ0v) is 20.3. The summed E-state index contributed by atoms with van der Waals surface area (Å²) in [4.78, 5) is 24.1. The second-order valence-electron chi connectivity index (χ2n) is 8.60. The van der Waals surface area contributed by atoms with Crippen molar-refractivity contribution in [3.8, 4) is 17.2 Å². The van der Waals surface area contributed by atoms with Gasteiger partial charge in [-0.05, 0) is 53.6 Å². The highest BCUT2D eigenvalue weighted by atomic mass is 16.7. The number of ether oxygens (including phenoxy) is 5. The van der Waals surface area contributed by atoms with Gasteiger partial charge in [-0.15, -0.1) is 0 Å². The second kappa shape index (κ2) is 11.4. The maximum absolute atomic E-state index is 12.1. The van der Waals surface area contributed by atoms with Gasteiger partial charge >= 0.3 is 11.9 Å². The van der Waals surface area contributed by atoms with Crippen molar-refractivity contribution in [2.24, 2.45) is 0 Å². The van der Waals surface area contributed by atoms with Crippen molar-refractivity contribution in [3.63, 3.8) is 0 Å². The molecule has 0 unspecified atom stereocenters. The molecule has 1 heterocycles. The lowest BCUT2D eigenvalue weighted by molar-refractivity contribution is -0.222. The monoisotopic (exact) mass is 488 g/mol. The molecule has 0 bridgehead atoms. The lowest BCUT2D eigenvalue weighted by Crippen LogP contribution is -2.41. The molecule has 0 amide bonds. The molecular formula is C29H28O7. The van der Waals surface area contributed by atoms with E-state index in [9.17, 15) is 9.59 Å². The van der Waals surface area contributed by atoms with Gasteiger partial charge in [-0.3, -0.25) is 0 Å². The van der Waals surface area contributed by atoms with E-state index in [-0.39, 0.29) is 5.57 Å². The van der Waals surface area contributed by atoms with Crippen LogP contribution in [0.25, 0.3) is 6.08 Å². The molecule has 0 spiro atoms. The van der Waals surface area contributed by atoms with Crippen molar-refractivity contribution < 1.29 is 33.3 Å². The van der Waals surface area contributed by atoms with Gasteiger partial charge in [0.1, 0.15) is 29.4 Å². The summed E-state index contributed by atoms with van der Waals surface area (Å²) in [6.45, 7) is 4.53. The number of carbonyl (C=O) groups is 2. The van der Waals surface area contributed by atoms with Crippen LogP contribution in [0.15, 0.2) is 84.4 Å². The Morgan fingerprint density at radius 3 is 1.75 bits per heavy atom. The molecule has 0 saturated carbocycles. The van der Waals surface area contributed by atoms with Gasteiger partial charge in [-0.25, -0.2) is 9.59 Å². The molecule has 0 aliphatic carbocycles. The molecule has 7 nitrogen and oxygen atoms in total. The first-order valence-corrected chi connectivity index (χ1v) is 11.7. The van der Waals surface area contributed by atoms with E-state index in [0.29, 0.717) is 37.6 Å². The van der Waals surface area contributed by atoms with Gasteiger partial charge in [0.05, 0.1) is 13.2 Å². The summed E-state index contributed by atoms with van der Waals surface area (Å²) in [7, 11) is 0. The van der Waals surface area contributed by atoms with Crippen LogP contribution in [-0.4, -0.2) is 30.9 Å². The summed E-state index contributed by atoms with van der Waals surface area (Å²) in [5, 5.41) is 0. The number of hydrogen-bond donors (Lipinski definition) is 0. The maximum atomic E-state index is 12.1. The van der Waals surface area contributed by atoms with Gasteiger partial charge in [0.15, 0.2) is 0 Å². The first-order valence-electron chi connectivity index (χ1n) is 11.7. The normalized spacial score (nSPS) is 14.4. The largest absolute Gasteiger partial charge is 0.493 e. The molecule has 0 N–H and O–H groups in total. The molecule has 1 aliphatic rings. The molecule has 7 heteroatoms. The Hall–Kier alpha value is -4.26. The second-order valence-corrected chi connectivity index (χ2v) is 8.60. The Bertz CT molecular complexity index is 1170. The highest BCUT2D eigenvalue weighted by molar-refractivity contribution is 6.18. The molecule has 4 rings (SSSR count). The third kappa shape index (κ3) is 7.12. The minimum Gasteiger partial charge on any atom is -0.493 e. The van der Waals surface area contributed by atoms with E-state index < -0.39 is 17.7 Å². The van der Waals surface area contributed by atoms with Gasteiger partial charge in [0.2, 0.25) is 0 Å². The van der Waals surface area contributed by atoms with Crippen molar-refractivity contribution in [2.45, 2.75) is 32.7 Å². The Kier molecular flexibility index (Phi) is 7.90. The van der Waals surface area contributed by atoms with E-state index in [4.69, 9.17) is 23.7 Å². The number of benzene rings is 3. The van der Waals surface area contributed by atoms with Crippen LogP contribution in [0.3, 0.4) is 0 Å². The SMILES string of the molecule is CC1(C)OC(=O)C(=Cc2ccc(OCCCOc3ccc(OCc4ccccc4)cc3)cc2)C(=O)O1. The van der Waals surface area contributed by atoms with Crippen molar-refractivity contribution >= 4 is 18.0 Å². The summed E-state index contributed by atoms with van der Waals surface area (Å²) < 4.78 is 27.5. The summed E-state index contributed by atoms with van der Waals surface area (Å²) in [6, 6.07) is 24.6. The van der Waals surface area contributed by atoms with Gasteiger partial charge < -0.3 is 23.7 Å². The first-order chi connectivity index (χ1) is 17.4. The molecule has 186 valence electrons. The summed E-state index contributed by atoms with van der Waals surface area (Å²) in [6.07, 6.45) is 2.14. The van der Waals surface area contributed by atoms with Crippen molar-refractivity contribution in [2.75, 3.05) is 13.2 Å². The molecule has 1 saturated heterocycles. The van der Waals surface area contributed by atoms with Crippen LogP contribution in [0.2, 0.25) is 0 Å². The molecule has 3 aromatic carbocycles. The fourth-order valence-electron chi connectivity index (χ4n) is 3.42. The molecule has 3 aromatic rings. The molecule has 0 atom stereocenters. The van der Waals surface area contributed by atoms with Gasteiger partial charge in [0.25, 0.3) is 5.79 Å². The predicted molar refractivity (Wildman–Crippen MR) is 134 cm³/mol. The third-order valence-corrected chi connectivity index (χ3v) is 5.21. The fourth-order valence-corrected chi connectivity index (χ4v) is 3.42. The number of hydrogen-bond acceptors (Lipinski definition) is 7. The zero-order valence-electron chi connectivity index (χ0n) is 20.3. The highest BCUT2D eigenvalue weighted by Crippen LogP contribution is 2.25. The first kappa shape index (κ1) is 24.9. The van der Waals surface area contributed by atoms with Gasteiger partial charge in [-0.1, -0.05) is 42.5 Å². The van der Waals surface area contributed by atoms with E-state index in [0.717, 1.165) is 17.1 Å². The van der Waals surface area contributed by atoms with Crippen LogP contribution in [0.1, 0.15) is 31.4 Å². The number of cyclic esters (lactones) is 2. The predicted octanol–water partition coefficient (Wildman–Crippen LogP) is 5.33. The van der Waals surface area contributed by atoms with E-state index in [1.807, 2.05) is 54.6 Å². The number of carbonyl (C=O) groups excluding carboxylic acids is 2. The Morgan fingerprint density at radius 1 is 0.694 bits per heavy atom. The summed E-state index contributed by atoms with van der Waals surface area (Å²) in [5.74, 6) is -0.436. The van der Waals surface area contributed by atoms with E-state index in [2.05, 4.69) is 0 Å². The van der Waals surface area contributed by atoms with Crippen LogP contribution in [-0.2, 0) is 25.7 Å². The Balaban J connectivity index is 1.17. The Morgan fingerprint density at radius 2 is 1.19 bits per heavy atom. The molecule has 0 aromatic heterocycles. The molecule has 1 fully saturated rings. The minimum atomic E-state index is -1.26. The van der Waals surface area contributed by atoms with Gasteiger partial charge in [-0.2, -0.15) is 0 Å². The topological polar surface area (TPSA) is 80.3 Å². The summed E-state index contributed by atoms with van der Waals surface area (Å²) >= 11 is 0. The van der Waals surface area contributed by atoms with E-state index in [1.165, 1.54) is 19.9 Å². The smallest absolute Gasteiger partial charge is 0.348 e. The highest BCUT2D eigenvalue weighted by Gasteiger charge is 2.38. The molecular weight excluding hydrogens is 460 g/mol. The molecule has 36 heavy (non-hydrogen) atoms. The van der Waals surface area contributed by atoms with E-state index in [1.54, 1.807) is 24.3 Å². The quantitative estimate of drug-likeness (QED) is 0.165. The van der Waals surface area contributed by atoms with Crippen molar-refractivity contribution in [1.82, 2.24) is 0 Å². The number of rotatable bonds is 10. The zero-order chi connectivity index (χ0) is 25.4. The lowest BCUT2D eigenvalue weighted by Gasteiger charge is -2.29. The summed E-state index contributed by atoms with van der Waals surface area (Å²) in [5.41, 5.74) is 1.63. The van der Waals surface area contributed by atoms with Crippen LogP contribution in [0.4, 0.5) is 0 Å². The minimum absolute atomic E-state index is 0.143. The van der Waals surface area contributed by atoms with Crippen LogP contribution >= 0.6 is 0 Å². The average Bonchev–Trinajstić information content (AvgIpc) is 2.86. The fraction of sp³-hybridized carbons (Fsp3) is 0.241. The van der Waals surface area contributed by atoms with Crippen molar-refractivity contribution in [1.29, 1.82) is 0 Å². The van der Waals surface area contributed by atoms with Crippen LogP contribution in [0.5, 0.6) is 17.2 Å². The molecule has 1 aliphatic heterocycles. The number of esters is 2. The van der Waals surface area contributed by atoms with Crippen molar-refractivity contribution in [3.05, 3.63) is 95.6 Å². The van der Waals surface area contributed by atoms with Crippen LogP contribution in [0, 0.1) is 0 Å². The standard InChI is InChI=1S/C29H28O7/c1-29(2)35-27(30)26(28(31)36-29)19-21-9-11-23(12-10-21)32-17-6-18-33-24-13-15-25(16-14-24)34-20-22-7-4-3-5-8-22/h3-5,7-16,19H,6,17-18,20H2,1-2H3. The average molecular weight is 489 g/mol. The Labute approximate surface area is 210 Å².